The van der Waals surface area contributed by atoms with Crippen molar-refractivity contribution in [2.75, 3.05) is 6.56 Å². The third-order valence-electron chi connectivity index (χ3n) is 0.318. The number of ether oxygens (including phenoxy) is 1. The summed E-state index contributed by atoms with van der Waals surface area (Å²) in [4.78, 5) is 0. The molecule has 1 unspecified atom stereocenters. The molecular formula is C4H6O. The van der Waals surface area contributed by atoms with Crippen molar-refractivity contribution in [3.63, 3.8) is 0 Å². The topological polar surface area (TPSA) is 12.5 Å². The predicted octanol–water partition coefficient (Wildman–Crippen LogP) is 0.571. The summed E-state index contributed by atoms with van der Waals surface area (Å²) in [6.07, 6.45) is -2.12. The fourth-order valence-electron chi connectivity index (χ4n) is 0.0765. The summed E-state index contributed by atoms with van der Waals surface area (Å²) < 4.78 is 45.3. The first-order valence-electron chi connectivity index (χ1n) is 4.16. The lowest BCUT2D eigenvalue weighted by molar-refractivity contribution is 0.440. The summed E-state index contributed by atoms with van der Waals surface area (Å²) in [6.45, 7) is -3.10. The van der Waals surface area contributed by atoms with Gasteiger partial charge in [0.1, 0.15) is 0 Å². The number of rotatable bonds is 1. The Labute approximate surface area is 39.7 Å². The molecule has 0 bridgehead atoms. The van der Waals surface area contributed by atoms with E-state index in [2.05, 4.69) is 4.74 Å². The zero-order valence-electron chi connectivity index (χ0n) is 8.41. The molecule has 1 saturated heterocycles. The van der Waals surface area contributed by atoms with Crippen LogP contribution in [0.4, 0.5) is 0 Å². The van der Waals surface area contributed by atoms with Crippen LogP contribution in [0.3, 0.4) is 0 Å². The Morgan fingerprint density at radius 2 is 3.80 bits per heavy atom. The van der Waals surface area contributed by atoms with Crippen molar-refractivity contribution in [1.29, 1.82) is 0 Å². The molecule has 28 valence electrons. The lowest BCUT2D eigenvalue weighted by Gasteiger charge is -1.59. The summed E-state index contributed by atoms with van der Waals surface area (Å²) in [6, 6.07) is -0.748. The lowest BCUT2D eigenvalue weighted by Crippen LogP contribution is -1.65. The Kier molecular flexibility index (Phi) is 0.0933. The van der Waals surface area contributed by atoms with Crippen molar-refractivity contribution in [2.45, 2.75) is 6.08 Å². The molecule has 1 nitrogen and oxygen atoms in total. The average molecular weight is 76.1 g/mol. The van der Waals surface area contributed by atoms with Gasteiger partial charge in [-0.2, -0.15) is 0 Å². The molecule has 0 saturated carbocycles. The van der Waals surface area contributed by atoms with Gasteiger partial charge in [0.25, 0.3) is 0 Å². The van der Waals surface area contributed by atoms with Gasteiger partial charge in [-0.15, -0.1) is 6.53 Å². The standard InChI is InChI=1S/C4H6O/c1-2-4-3-5-4/h2,4H,1,3H2/i1D2,2D,3D2,4D. The smallest absolute Gasteiger partial charge is 0.0988 e. The zero-order chi connectivity index (χ0) is 8.86. The van der Waals surface area contributed by atoms with Gasteiger partial charge in [-0.3, -0.25) is 0 Å². The van der Waals surface area contributed by atoms with E-state index in [-0.39, 0.29) is 0 Å². The Bertz CT molecular complexity index is 219. The van der Waals surface area contributed by atoms with E-state index in [0.717, 1.165) is 0 Å². The van der Waals surface area contributed by atoms with E-state index in [0.29, 0.717) is 0 Å². The van der Waals surface area contributed by atoms with Crippen LogP contribution in [0.2, 0.25) is 0 Å². The van der Waals surface area contributed by atoms with Gasteiger partial charge in [0.15, 0.2) is 0 Å². The molecule has 0 amide bonds. The van der Waals surface area contributed by atoms with E-state index in [1.165, 1.54) is 0 Å². The first-order chi connectivity index (χ1) is 4.81. The number of epoxide rings is 1. The largest absolute Gasteiger partial charge is 0.369 e. The molecule has 5 heavy (non-hydrogen) atoms. The fraction of sp³-hybridized carbons (Fsp3) is 0.500. The van der Waals surface area contributed by atoms with Crippen LogP contribution in [0.15, 0.2) is 12.6 Å². The number of hydrogen-bond acceptors (Lipinski definition) is 1. The van der Waals surface area contributed by atoms with Crippen molar-refractivity contribution in [1.82, 2.24) is 0 Å². The third-order valence-corrected chi connectivity index (χ3v) is 0.318. The van der Waals surface area contributed by atoms with E-state index in [4.69, 9.17) is 8.22 Å². The van der Waals surface area contributed by atoms with Crippen LogP contribution in [0.25, 0.3) is 0 Å². The highest BCUT2D eigenvalue weighted by Crippen LogP contribution is 2.07. The van der Waals surface area contributed by atoms with Crippen molar-refractivity contribution in [3.8, 4) is 0 Å². The highest BCUT2D eigenvalue weighted by atomic mass is 16.6. The monoisotopic (exact) mass is 76.1 g/mol. The molecule has 0 aromatic heterocycles. The highest BCUT2D eigenvalue weighted by Gasteiger charge is 2.16. The minimum atomic E-state index is -2.21. The molecule has 1 rings (SSSR count). The van der Waals surface area contributed by atoms with E-state index >= 15 is 0 Å². The molecule has 1 aliphatic heterocycles. The van der Waals surface area contributed by atoms with Gasteiger partial charge in [-0.1, -0.05) is 6.05 Å². The van der Waals surface area contributed by atoms with Gasteiger partial charge in [-0.05, 0) is 0 Å². The van der Waals surface area contributed by atoms with Crippen LogP contribution in [-0.2, 0) is 4.74 Å². The Morgan fingerprint density at radius 3 is 4.00 bits per heavy atom. The van der Waals surface area contributed by atoms with Crippen LogP contribution >= 0.6 is 0 Å². The van der Waals surface area contributed by atoms with Gasteiger partial charge in [0, 0.05) is 0 Å². The molecule has 0 aliphatic carbocycles. The predicted molar refractivity (Wildman–Crippen MR) is 19.9 cm³/mol. The summed E-state index contributed by atoms with van der Waals surface area (Å²) in [7, 11) is 0. The SMILES string of the molecule is [2H]C([2H])=C([2H])C1([2H])OC1([2H])[2H]. The Balaban J connectivity index is 2.89. The van der Waals surface area contributed by atoms with Crippen molar-refractivity contribution >= 4 is 0 Å². The second-order valence-electron chi connectivity index (χ2n) is 0.658. The second-order valence-corrected chi connectivity index (χ2v) is 0.658. The van der Waals surface area contributed by atoms with E-state index in [9.17, 15) is 0 Å². The van der Waals surface area contributed by atoms with Gasteiger partial charge in [-0.25, -0.2) is 0 Å². The molecule has 1 aliphatic rings. The third kappa shape index (κ3) is 0.484. The summed E-state index contributed by atoms with van der Waals surface area (Å²) in [5, 5.41) is 0. The maximum Gasteiger partial charge on any atom is 0.0988 e. The van der Waals surface area contributed by atoms with Crippen LogP contribution in [0.1, 0.15) is 8.22 Å². The maximum atomic E-state index is 7.10. The quantitative estimate of drug-likeness (QED) is 0.328. The average Bonchev–Trinajstić information content (AvgIpc) is 2.32. The zero-order valence-corrected chi connectivity index (χ0v) is 2.41. The van der Waals surface area contributed by atoms with Crippen molar-refractivity contribution in [3.05, 3.63) is 12.6 Å². The normalized spacial score (nSPS) is 74.4. The van der Waals surface area contributed by atoms with Gasteiger partial charge >= 0.3 is 0 Å². The van der Waals surface area contributed by atoms with Crippen LogP contribution < -0.4 is 0 Å². The van der Waals surface area contributed by atoms with Crippen LogP contribution in [0.5, 0.6) is 0 Å². The van der Waals surface area contributed by atoms with E-state index < -0.39 is 25.2 Å². The first-order valence-corrected chi connectivity index (χ1v) is 1.16. The fourth-order valence-corrected chi connectivity index (χ4v) is 0.0765. The number of hydrogen-bond donors (Lipinski definition) is 0. The molecule has 1 heteroatoms. The van der Waals surface area contributed by atoms with E-state index in [1.807, 2.05) is 0 Å². The Hall–Kier alpha value is -0.300. The minimum Gasteiger partial charge on any atom is -0.369 e. The second kappa shape index (κ2) is 0.830. The molecule has 0 aromatic rings. The van der Waals surface area contributed by atoms with Gasteiger partial charge < -0.3 is 4.74 Å². The summed E-state index contributed by atoms with van der Waals surface area (Å²) in [5.74, 6) is 0. The molecular weight excluding hydrogens is 64.0 g/mol. The summed E-state index contributed by atoms with van der Waals surface area (Å²) in [5.41, 5.74) is 0. The van der Waals surface area contributed by atoms with Crippen molar-refractivity contribution < 1.29 is 13.0 Å². The van der Waals surface area contributed by atoms with Gasteiger partial charge in [0.2, 0.25) is 0 Å². The molecule has 0 spiro atoms. The Morgan fingerprint density at radius 1 is 3.00 bits per heavy atom. The molecule has 0 radical (unpaired) electrons. The highest BCUT2D eigenvalue weighted by molar-refractivity contribution is 4.87. The maximum absolute atomic E-state index is 7.10. The molecule has 1 fully saturated rings. The molecule has 1 atom stereocenters. The van der Waals surface area contributed by atoms with Crippen molar-refractivity contribution in [2.24, 2.45) is 0 Å². The summed E-state index contributed by atoms with van der Waals surface area (Å²) >= 11 is 0. The minimum absolute atomic E-state index is 0.748. The first kappa shape index (κ1) is 0.562. The van der Waals surface area contributed by atoms with Gasteiger partial charge in [0.05, 0.1) is 20.9 Å². The van der Waals surface area contributed by atoms with Crippen LogP contribution in [-0.4, -0.2) is 12.6 Å². The van der Waals surface area contributed by atoms with Crippen LogP contribution in [0, 0.1) is 0 Å². The lowest BCUT2D eigenvalue weighted by atomic mass is 10.5. The van der Waals surface area contributed by atoms with E-state index in [1.54, 1.807) is 0 Å². The molecule has 0 aromatic carbocycles. The molecule has 1 heterocycles. The molecule has 0 N–H and O–H groups in total.